The van der Waals surface area contributed by atoms with Crippen molar-refractivity contribution in [3.8, 4) is 0 Å². The summed E-state index contributed by atoms with van der Waals surface area (Å²) < 4.78 is 13.6. The molecule has 1 unspecified atom stereocenters. The first-order valence-corrected chi connectivity index (χ1v) is 8.43. The van der Waals surface area contributed by atoms with Crippen molar-refractivity contribution in [2.24, 2.45) is 5.92 Å². The molecule has 2 aromatic rings. The van der Waals surface area contributed by atoms with Gasteiger partial charge in [0.25, 0.3) is 5.91 Å². The molecule has 2 heterocycles. The molecule has 1 aromatic carbocycles. The van der Waals surface area contributed by atoms with Crippen LogP contribution in [0.2, 0.25) is 0 Å². The van der Waals surface area contributed by atoms with E-state index in [-0.39, 0.29) is 23.7 Å². The number of amides is 1. The van der Waals surface area contributed by atoms with Crippen molar-refractivity contribution in [2.75, 3.05) is 23.7 Å². The second-order valence-electron chi connectivity index (χ2n) is 6.44. The van der Waals surface area contributed by atoms with E-state index in [2.05, 4.69) is 27.1 Å². The standard InChI is InChI=1S/C18H22FN5O/c1-12-5-4-8-24(11-12)18-22-10-14(16(20)23-18)17(25)21-9-13-6-2-3-7-15(13)19/h2-3,6-7,10,12H,4-5,8-9,11H2,1H3,(H,21,25)(H2,20,22,23). The SMILES string of the molecule is CC1CCCN(c2ncc(C(=O)NCc3ccccc3F)c(N)n2)C1. The third kappa shape index (κ3) is 4.04. The Balaban J connectivity index is 1.68. The van der Waals surface area contributed by atoms with Crippen molar-refractivity contribution in [2.45, 2.75) is 26.3 Å². The van der Waals surface area contributed by atoms with Crippen LogP contribution in [0.4, 0.5) is 16.2 Å². The zero-order valence-corrected chi connectivity index (χ0v) is 14.2. The summed E-state index contributed by atoms with van der Waals surface area (Å²) in [5, 5.41) is 2.65. The second kappa shape index (κ2) is 7.46. The van der Waals surface area contributed by atoms with E-state index >= 15 is 0 Å². The summed E-state index contributed by atoms with van der Waals surface area (Å²) >= 11 is 0. The van der Waals surface area contributed by atoms with Crippen molar-refractivity contribution in [1.29, 1.82) is 0 Å². The predicted molar refractivity (Wildman–Crippen MR) is 94.6 cm³/mol. The Hall–Kier alpha value is -2.70. The topological polar surface area (TPSA) is 84.1 Å². The Morgan fingerprint density at radius 1 is 1.44 bits per heavy atom. The number of hydrogen-bond donors (Lipinski definition) is 2. The summed E-state index contributed by atoms with van der Waals surface area (Å²) in [7, 11) is 0. The smallest absolute Gasteiger partial charge is 0.256 e. The highest BCUT2D eigenvalue weighted by Crippen LogP contribution is 2.21. The van der Waals surface area contributed by atoms with E-state index in [0.29, 0.717) is 17.4 Å². The van der Waals surface area contributed by atoms with Gasteiger partial charge in [0.1, 0.15) is 11.6 Å². The predicted octanol–water partition coefficient (Wildman–Crippen LogP) is 2.36. The van der Waals surface area contributed by atoms with Crippen LogP contribution in [0.1, 0.15) is 35.7 Å². The molecule has 1 aliphatic rings. The quantitative estimate of drug-likeness (QED) is 0.890. The second-order valence-corrected chi connectivity index (χ2v) is 6.44. The number of carbonyl (C=O) groups excluding carboxylic acids is 1. The molecular weight excluding hydrogens is 321 g/mol. The molecule has 132 valence electrons. The lowest BCUT2D eigenvalue weighted by Gasteiger charge is -2.31. The summed E-state index contributed by atoms with van der Waals surface area (Å²) in [5.41, 5.74) is 6.56. The molecule has 1 aliphatic heterocycles. The van der Waals surface area contributed by atoms with Gasteiger partial charge in [0, 0.05) is 31.4 Å². The van der Waals surface area contributed by atoms with Gasteiger partial charge in [-0.05, 0) is 24.8 Å². The summed E-state index contributed by atoms with van der Waals surface area (Å²) in [6.07, 6.45) is 3.73. The Morgan fingerprint density at radius 3 is 2.96 bits per heavy atom. The molecule has 0 bridgehead atoms. The zero-order chi connectivity index (χ0) is 17.8. The van der Waals surface area contributed by atoms with Gasteiger partial charge in [0.05, 0.1) is 5.56 Å². The highest BCUT2D eigenvalue weighted by molar-refractivity contribution is 5.98. The maximum Gasteiger partial charge on any atom is 0.256 e. The number of benzene rings is 1. The normalized spacial score (nSPS) is 17.4. The largest absolute Gasteiger partial charge is 0.383 e. The molecule has 1 amide bonds. The van der Waals surface area contributed by atoms with E-state index in [1.807, 2.05) is 0 Å². The van der Waals surface area contributed by atoms with Gasteiger partial charge < -0.3 is 16.0 Å². The number of nitrogens with one attached hydrogen (secondary N) is 1. The maximum atomic E-state index is 13.6. The van der Waals surface area contributed by atoms with E-state index in [1.165, 1.54) is 18.7 Å². The van der Waals surface area contributed by atoms with Gasteiger partial charge in [-0.15, -0.1) is 0 Å². The Bertz CT molecular complexity index is 767. The highest BCUT2D eigenvalue weighted by atomic mass is 19.1. The molecule has 1 saturated heterocycles. The molecule has 1 fully saturated rings. The molecule has 0 aliphatic carbocycles. The first-order chi connectivity index (χ1) is 12.0. The number of halogens is 1. The number of hydrogen-bond acceptors (Lipinski definition) is 5. The van der Waals surface area contributed by atoms with E-state index in [0.717, 1.165) is 19.5 Å². The van der Waals surface area contributed by atoms with Crippen LogP contribution in [0.5, 0.6) is 0 Å². The van der Waals surface area contributed by atoms with Crippen LogP contribution < -0.4 is 16.0 Å². The molecule has 6 nitrogen and oxygen atoms in total. The molecule has 1 aromatic heterocycles. The molecule has 0 spiro atoms. The Morgan fingerprint density at radius 2 is 2.24 bits per heavy atom. The summed E-state index contributed by atoms with van der Waals surface area (Å²) in [4.78, 5) is 22.9. The van der Waals surface area contributed by atoms with Gasteiger partial charge >= 0.3 is 0 Å². The van der Waals surface area contributed by atoms with Crippen LogP contribution in [0.25, 0.3) is 0 Å². The van der Waals surface area contributed by atoms with Gasteiger partial charge in [0.2, 0.25) is 5.95 Å². The minimum atomic E-state index is -0.417. The van der Waals surface area contributed by atoms with Crippen molar-refractivity contribution in [3.05, 3.63) is 47.4 Å². The molecule has 0 radical (unpaired) electrons. The number of nitrogen functional groups attached to an aromatic ring is 1. The van der Waals surface area contributed by atoms with Crippen LogP contribution in [0, 0.1) is 11.7 Å². The molecule has 3 rings (SSSR count). The fraction of sp³-hybridized carbons (Fsp3) is 0.389. The summed E-state index contributed by atoms with van der Waals surface area (Å²) in [6, 6.07) is 6.30. The van der Waals surface area contributed by atoms with Crippen LogP contribution in [0.3, 0.4) is 0 Å². The number of nitrogens with zero attached hydrogens (tertiary/aromatic N) is 3. The van der Waals surface area contributed by atoms with Gasteiger partial charge in [0.15, 0.2) is 0 Å². The third-order valence-corrected chi connectivity index (χ3v) is 4.39. The fourth-order valence-electron chi connectivity index (χ4n) is 3.00. The van der Waals surface area contributed by atoms with E-state index < -0.39 is 5.91 Å². The van der Waals surface area contributed by atoms with E-state index in [4.69, 9.17) is 5.73 Å². The molecule has 0 saturated carbocycles. The van der Waals surface area contributed by atoms with Crippen LogP contribution >= 0.6 is 0 Å². The summed E-state index contributed by atoms with van der Waals surface area (Å²) in [5.74, 6) is 0.493. The monoisotopic (exact) mass is 343 g/mol. The van der Waals surface area contributed by atoms with Gasteiger partial charge in [-0.2, -0.15) is 4.98 Å². The number of anilines is 2. The lowest BCUT2D eigenvalue weighted by atomic mass is 10.0. The third-order valence-electron chi connectivity index (χ3n) is 4.39. The van der Waals surface area contributed by atoms with Crippen LogP contribution in [-0.2, 0) is 6.54 Å². The first kappa shape index (κ1) is 17.1. The molecule has 1 atom stereocenters. The lowest BCUT2D eigenvalue weighted by molar-refractivity contribution is 0.0951. The highest BCUT2D eigenvalue weighted by Gasteiger charge is 2.20. The fourth-order valence-corrected chi connectivity index (χ4v) is 3.00. The molecule has 3 N–H and O–H groups in total. The van der Waals surface area contributed by atoms with Crippen LogP contribution in [0.15, 0.2) is 30.5 Å². The lowest BCUT2D eigenvalue weighted by Crippen LogP contribution is -2.36. The minimum absolute atomic E-state index is 0.0797. The molecule has 7 heteroatoms. The molecular formula is C18H22FN5O. The van der Waals surface area contributed by atoms with Crippen molar-refractivity contribution >= 4 is 17.7 Å². The summed E-state index contributed by atoms with van der Waals surface area (Å²) in [6.45, 7) is 4.05. The first-order valence-electron chi connectivity index (χ1n) is 8.43. The van der Waals surface area contributed by atoms with Gasteiger partial charge in [-0.3, -0.25) is 4.79 Å². The number of carbonyl (C=O) groups is 1. The zero-order valence-electron chi connectivity index (χ0n) is 14.2. The number of rotatable bonds is 4. The average Bonchev–Trinajstić information content (AvgIpc) is 2.60. The van der Waals surface area contributed by atoms with Crippen LogP contribution in [-0.4, -0.2) is 29.0 Å². The van der Waals surface area contributed by atoms with E-state index in [1.54, 1.807) is 18.2 Å². The minimum Gasteiger partial charge on any atom is -0.383 e. The van der Waals surface area contributed by atoms with Gasteiger partial charge in [-0.1, -0.05) is 25.1 Å². The number of piperidine rings is 1. The Labute approximate surface area is 146 Å². The van der Waals surface area contributed by atoms with Crippen molar-refractivity contribution < 1.29 is 9.18 Å². The van der Waals surface area contributed by atoms with Crippen molar-refractivity contribution in [1.82, 2.24) is 15.3 Å². The van der Waals surface area contributed by atoms with E-state index in [9.17, 15) is 9.18 Å². The molecule has 25 heavy (non-hydrogen) atoms. The average molecular weight is 343 g/mol. The maximum absolute atomic E-state index is 13.6. The number of nitrogens with two attached hydrogens (primary N) is 1. The van der Waals surface area contributed by atoms with Gasteiger partial charge in [-0.25, -0.2) is 9.37 Å². The van der Waals surface area contributed by atoms with Crippen molar-refractivity contribution in [3.63, 3.8) is 0 Å². The Kier molecular flexibility index (Phi) is 5.11. The number of aromatic nitrogens is 2.